The molecular weight excluding hydrogens is 278 g/mol. The number of carboxylic acids is 1. The molecule has 3 amide bonds. The summed E-state index contributed by atoms with van der Waals surface area (Å²) in [7, 11) is 1.66. The van der Waals surface area contributed by atoms with Crippen molar-refractivity contribution in [2.24, 2.45) is 7.05 Å². The van der Waals surface area contributed by atoms with Crippen LogP contribution in [0.1, 0.15) is 18.0 Å². The lowest BCUT2D eigenvalue weighted by atomic mass is 10.1. The smallest absolute Gasteiger partial charge is 0.331 e. The number of carbonyl (C=O) groups is 3. The van der Waals surface area contributed by atoms with E-state index in [0.717, 1.165) is 0 Å². The molecule has 0 aliphatic carbocycles. The summed E-state index contributed by atoms with van der Waals surface area (Å²) in [6.45, 7) is 0.963. The molecule has 1 saturated heterocycles. The Morgan fingerprint density at radius 3 is 2.86 bits per heavy atom. The number of aryl methyl sites for hydroxylation is 1. The lowest BCUT2D eigenvalue weighted by molar-refractivity contribution is -0.139. The summed E-state index contributed by atoms with van der Waals surface area (Å²) in [5.74, 6) is -1.28. The molecule has 1 aromatic rings. The van der Waals surface area contributed by atoms with Gasteiger partial charge in [0.05, 0.1) is 6.20 Å². The van der Waals surface area contributed by atoms with Crippen molar-refractivity contribution in [2.45, 2.75) is 12.5 Å². The normalized spacial score (nSPS) is 16.8. The number of aliphatic carboxylic acids is 1. The Labute approximate surface area is 120 Å². The van der Waals surface area contributed by atoms with Crippen LogP contribution in [0.2, 0.25) is 0 Å². The molecule has 0 radical (unpaired) electrons. The summed E-state index contributed by atoms with van der Waals surface area (Å²) in [5.41, 5.74) is 0.391. The van der Waals surface area contributed by atoms with Gasteiger partial charge in [-0.2, -0.15) is 5.10 Å². The molecule has 9 nitrogen and oxygen atoms in total. The van der Waals surface area contributed by atoms with Gasteiger partial charge >= 0.3 is 12.0 Å². The van der Waals surface area contributed by atoms with Gasteiger partial charge in [0.25, 0.3) is 0 Å². The third kappa shape index (κ3) is 3.71. The van der Waals surface area contributed by atoms with E-state index in [9.17, 15) is 19.5 Å². The van der Waals surface area contributed by atoms with Crippen LogP contribution in [0.4, 0.5) is 4.79 Å². The van der Waals surface area contributed by atoms with E-state index >= 15 is 0 Å². The first-order valence-electron chi connectivity index (χ1n) is 6.51. The van der Waals surface area contributed by atoms with Gasteiger partial charge < -0.3 is 20.6 Å². The van der Waals surface area contributed by atoms with E-state index < -0.39 is 18.0 Å². The topological polar surface area (TPSA) is 117 Å². The van der Waals surface area contributed by atoms with Crippen molar-refractivity contribution in [2.75, 3.05) is 19.6 Å². The molecular formula is C12H17N5O4. The number of amides is 3. The van der Waals surface area contributed by atoms with E-state index in [2.05, 4.69) is 15.7 Å². The highest BCUT2D eigenvalue weighted by atomic mass is 16.4. The Morgan fingerprint density at radius 2 is 2.24 bits per heavy atom. The fourth-order valence-corrected chi connectivity index (χ4v) is 2.06. The summed E-state index contributed by atoms with van der Waals surface area (Å²) >= 11 is 0. The SMILES string of the molecule is Cn1cc(C(NC(=O)N2CCNC(=O)CC2)C(=O)O)cn1. The molecule has 114 valence electrons. The Kier molecular flexibility index (Phi) is 4.41. The fraction of sp³-hybridized carbons (Fsp3) is 0.500. The first-order valence-corrected chi connectivity index (χ1v) is 6.51. The minimum Gasteiger partial charge on any atom is -0.479 e. The van der Waals surface area contributed by atoms with E-state index in [0.29, 0.717) is 18.7 Å². The maximum atomic E-state index is 12.1. The predicted octanol–water partition coefficient (Wildman–Crippen LogP) is -0.923. The Morgan fingerprint density at radius 1 is 1.48 bits per heavy atom. The molecule has 1 aliphatic rings. The zero-order chi connectivity index (χ0) is 15.4. The third-order valence-electron chi connectivity index (χ3n) is 3.17. The van der Waals surface area contributed by atoms with Gasteiger partial charge in [-0.3, -0.25) is 9.48 Å². The van der Waals surface area contributed by atoms with Crippen molar-refractivity contribution in [3.8, 4) is 0 Å². The van der Waals surface area contributed by atoms with Crippen molar-refractivity contribution < 1.29 is 19.5 Å². The van der Waals surface area contributed by atoms with Gasteiger partial charge in [0, 0.05) is 44.9 Å². The number of nitrogens with one attached hydrogen (secondary N) is 2. The average molecular weight is 295 g/mol. The molecule has 1 atom stereocenters. The van der Waals surface area contributed by atoms with Crippen LogP contribution in [0, 0.1) is 0 Å². The van der Waals surface area contributed by atoms with Crippen LogP contribution in [0.3, 0.4) is 0 Å². The molecule has 2 rings (SSSR count). The highest BCUT2D eigenvalue weighted by molar-refractivity contribution is 5.84. The van der Waals surface area contributed by atoms with Crippen LogP contribution in [0.25, 0.3) is 0 Å². The van der Waals surface area contributed by atoms with Crippen LogP contribution >= 0.6 is 0 Å². The number of carbonyl (C=O) groups excluding carboxylic acids is 2. The second-order valence-corrected chi connectivity index (χ2v) is 4.76. The van der Waals surface area contributed by atoms with Gasteiger partial charge in [0.1, 0.15) is 0 Å². The molecule has 9 heteroatoms. The minimum atomic E-state index is -1.17. The Balaban J connectivity index is 2.04. The molecule has 2 heterocycles. The molecule has 0 aromatic carbocycles. The molecule has 0 bridgehead atoms. The van der Waals surface area contributed by atoms with Crippen LogP contribution in [0.5, 0.6) is 0 Å². The number of aromatic nitrogens is 2. The van der Waals surface area contributed by atoms with E-state index in [1.807, 2.05) is 0 Å². The number of hydrogen-bond donors (Lipinski definition) is 3. The maximum Gasteiger partial charge on any atom is 0.331 e. The summed E-state index contributed by atoms with van der Waals surface area (Å²) in [5, 5.41) is 18.2. The summed E-state index contributed by atoms with van der Waals surface area (Å²) in [6, 6.07) is -1.68. The lowest BCUT2D eigenvalue weighted by Gasteiger charge is -2.22. The zero-order valence-corrected chi connectivity index (χ0v) is 11.6. The summed E-state index contributed by atoms with van der Waals surface area (Å²) < 4.78 is 1.46. The molecule has 1 fully saturated rings. The van der Waals surface area contributed by atoms with Crippen LogP contribution in [-0.4, -0.2) is 57.3 Å². The average Bonchev–Trinajstić information content (AvgIpc) is 2.72. The standard InChI is InChI=1S/C12H17N5O4/c1-16-7-8(6-14-16)10(11(19)20)15-12(21)17-4-2-9(18)13-3-5-17/h6-7,10H,2-5H2,1H3,(H,13,18)(H,15,21)(H,19,20). The number of rotatable bonds is 3. The van der Waals surface area contributed by atoms with Gasteiger partial charge in [-0.05, 0) is 0 Å². The minimum absolute atomic E-state index is 0.118. The number of urea groups is 1. The molecule has 0 saturated carbocycles. The van der Waals surface area contributed by atoms with Crippen molar-refractivity contribution in [3.05, 3.63) is 18.0 Å². The lowest BCUT2D eigenvalue weighted by Crippen LogP contribution is -2.45. The van der Waals surface area contributed by atoms with E-state index in [1.54, 1.807) is 7.05 Å². The highest BCUT2D eigenvalue weighted by Crippen LogP contribution is 2.12. The van der Waals surface area contributed by atoms with Gasteiger partial charge in [-0.1, -0.05) is 0 Å². The van der Waals surface area contributed by atoms with E-state index in [4.69, 9.17) is 0 Å². The second kappa shape index (κ2) is 6.25. The van der Waals surface area contributed by atoms with E-state index in [-0.39, 0.29) is 18.9 Å². The summed E-state index contributed by atoms with van der Waals surface area (Å²) in [4.78, 5) is 36.1. The molecule has 3 N–H and O–H groups in total. The predicted molar refractivity (Wildman–Crippen MR) is 71.3 cm³/mol. The second-order valence-electron chi connectivity index (χ2n) is 4.76. The van der Waals surface area contributed by atoms with Gasteiger partial charge in [-0.15, -0.1) is 0 Å². The Hall–Kier alpha value is -2.58. The van der Waals surface area contributed by atoms with Crippen molar-refractivity contribution >= 4 is 17.9 Å². The quantitative estimate of drug-likeness (QED) is 0.666. The third-order valence-corrected chi connectivity index (χ3v) is 3.17. The van der Waals surface area contributed by atoms with Gasteiger partial charge in [-0.25, -0.2) is 9.59 Å². The van der Waals surface area contributed by atoms with E-state index in [1.165, 1.54) is 22.0 Å². The van der Waals surface area contributed by atoms with Crippen molar-refractivity contribution in [1.29, 1.82) is 0 Å². The van der Waals surface area contributed by atoms with Crippen molar-refractivity contribution in [1.82, 2.24) is 25.3 Å². The molecule has 0 spiro atoms. The largest absolute Gasteiger partial charge is 0.479 e. The van der Waals surface area contributed by atoms with Crippen LogP contribution in [-0.2, 0) is 16.6 Å². The molecule has 1 unspecified atom stereocenters. The first kappa shape index (κ1) is 14.8. The van der Waals surface area contributed by atoms with Crippen LogP contribution in [0.15, 0.2) is 12.4 Å². The Bertz CT molecular complexity index is 556. The van der Waals surface area contributed by atoms with Gasteiger partial charge in [0.2, 0.25) is 5.91 Å². The summed E-state index contributed by atoms with van der Waals surface area (Å²) in [6.07, 6.45) is 3.14. The molecule has 1 aliphatic heterocycles. The number of hydrogen-bond acceptors (Lipinski definition) is 4. The maximum absolute atomic E-state index is 12.1. The van der Waals surface area contributed by atoms with Crippen LogP contribution < -0.4 is 10.6 Å². The molecule has 1 aromatic heterocycles. The number of carboxylic acid groups (broad SMARTS) is 1. The monoisotopic (exact) mass is 295 g/mol. The number of nitrogens with zero attached hydrogens (tertiary/aromatic N) is 3. The first-order chi connectivity index (χ1) is 9.97. The highest BCUT2D eigenvalue weighted by Gasteiger charge is 2.26. The van der Waals surface area contributed by atoms with Gasteiger partial charge in [0.15, 0.2) is 6.04 Å². The molecule has 21 heavy (non-hydrogen) atoms. The van der Waals surface area contributed by atoms with Crippen molar-refractivity contribution in [3.63, 3.8) is 0 Å². The fourth-order valence-electron chi connectivity index (χ4n) is 2.06. The zero-order valence-electron chi connectivity index (χ0n) is 11.6.